The highest BCUT2D eigenvalue weighted by Crippen LogP contribution is 2.35. The molecule has 1 N–H and O–H groups in total. The van der Waals surface area contributed by atoms with Crippen molar-refractivity contribution >= 4 is 17.4 Å². The Hall–Kier alpha value is -3.43. The van der Waals surface area contributed by atoms with Crippen LogP contribution in [0.3, 0.4) is 0 Å². The molecular weight excluding hydrogens is 391 g/mol. The standard InChI is InChI=1S/C20H21FN6O3/c1-3-14-10-30-20-12(4-13(21)5-22-20)7-26-11(2)9-29-16-8-27-17(25-18(16)26)15(6-23-27)19(28)24-14/h4-6,8,11,14H,3,7,9-10H2,1-2H3,(H,24,28)/t11-,14+/m1/s1. The van der Waals surface area contributed by atoms with Crippen molar-refractivity contribution in [3.63, 3.8) is 0 Å². The lowest BCUT2D eigenvalue weighted by Crippen LogP contribution is -2.41. The van der Waals surface area contributed by atoms with Crippen LogP contribution in [0.25, 0.3) is 5.65 Å². The Bertz CT molecular complexity index is 1130. The number of ether oxygens (including phenoxy) is 2. The van der Waals surface area contributed by atoms with Crippen molar-refractivity contribution in [2.24, 2.45) is 0 Å². The Labute approximate surface area is 171 Å². The van der Waals surface area contributed by atoms with Gasteiger partial charge in [-0.2, -0.15) is 5.10 Å². The first-order valence-corrected chi connectivity index (χ1v) is 9.89. The normalized spacial score (nSPS) is 21.0. The van der Waals surface area contributed by atoms with Crippen LogP contribution in [-0.4, -0.2) is 50.8 Å². The van der Waals surface area contributed by atoms with Gasteiger partial charge in [0.05, 0.1) is 37.2 Å². The molecule has 0 aromatic carbocycles. The number of carbonyl (C=O) groups excluding carboxylic acids is 1. The molecule has 0 unspecified atom stereocenters. The molecule has 156 valence electrons. The molecule has 2 aliphatic rings. The van der Waals surface area contributed by atoms with Gasteiger partial charge in [-0.05, 0) is 19.4 Å². The van der Waals surface area contributed by atoms with E-state index >= 15 is 0 Å². The summed E-state index contributed by atoms with van der Waals surface area (Å²) >= 11 is 0. The molecule has 30 heavy (non-hydrogen) atoms. The Kier molecular flexibility index (Phi) is 4.41. The van der Waals surface area contributed by atoms with E-state index in [0.717, 1.165) is 6.20 Å². The van der Waals surface area contributed by atoms with E-state index in [1.165, 1.54) is 16.8 Å². The number of carbonyl (C=O) groups is 1. The number of aromatic nitrogens is 4. The van der Waals surface area contributed by atoms with Crippen molar-refractivity contribution in [1.82, 2.24) is 24.9 Å². The maximum atomic E-state index is 14.0. The van der Waals surface area contributed by atoms with E-state index in [0.29, 0.717) is 53.8 Å². The SMILES string of the molecule is CC[C@H]1COc2ncc(F)cc2CN2c3nc4c(cnn4cc3OC[C@H]2C)C(=O)N1. The highest BCUT2D eigenvalue weighted by molar-refractivity contribution is 6.00. The third kappa shape index (κ3) is 3.08. The van der Waals surface area contributed by atoms with Crippen LogP contribution in [0.4, 0.5) is 10.2 Å². The Morgan fingerprint density at radius 3 is 3.00 bits per heavy atom. The number of halogens is 1. The predicted octanol–water partition coefficient (Wildman–Crippen LogP) is 1.95. The van der Waals surface area contributed by atoms with Gasteiger partial charge in [0.1, 0.15) is 24.6 Å². The Morgan fingerprint density at radius 2 is 2.17 bits per heavy atom. The molecule has 9 nitrogen and oxygen atoms in total. The molecule has 2 atom stereocenters. The molecule has 0 saturated carbocycles. The van der Waals surface area contributed by atoms with E-state index in [-0.39, 0.29) is 24.6 Å². The molecule has 5 heterocycles. The number of rotatable bonds is 1. The summed E-state index contributed by atoms with van der Waals surface area (Å²) in [5, 5.41) is 7.22. The van der Waals surface area contributed by atoms with Crippen molar-refractivity contribution < 1.29 is 18.7 Å². The number of pyridine rings is 1. The van der Waals surface area contributed by atoms with Crippen molar-refractivity contribution in [3.8, 4) is 11.6 Å². The second-order valence-electron chi connectivity index (χ2n) is 7.55. The minimum atomic E-state index is -0.440. The lowest BCUT2D eigenvalue weighted by atomic mass is 10.2. The van der Waals surface area contributed by atoms with Gasteiger partial charge >= 0.3 is 0 Å². The van der Waals surface area contributed by atoms with Gasteiger partial charge < -0.3 is 19.7 Å². The quantitative estimate of drug-likeness (QED) is 0.653. The van der Waals surface area contributed by atoms with Crippen LogP contribution < -0.4 is 19.7 Å². The number of nitrogens with one attached hydrogen (secondary N) is 1. The maximum Gasteiger partial charge on any atom is 0.257 e. The van der Waals surface area contributed by atoms with Gasteiger partial charge in [0.15, 0.2) is 17.2 Å². The highest BCUT2D eigenvalue weighted by Gasteiger charge is 2.30. The van der Waals surface area contributed by atoms with Gasteiger partial charge in [0, 0.05) is 5.56 Å². The van der Waals surface area contributed by atoms with Gasteiger partial charge in [-0.3, -0.25) is 4.79 Å². The molecule has 1 amide bonds. The molecule has 0 fully saturated rings. The largest absolute Gasteiger partial charge is 0.486 e. The topological polar surface area (TPSA) is 93.9 Å². The monoisotopic (exact) mass is 412 g/mol. The molecule has 2 aliphatic heterocycles. The molecule has 0 aliphatic carbocycles. The summed E-state index contributed by atoms with van der Waals surface area (Å²) in [5.41, 5.74) is 1.41. The zero-order chi connectivity index (χ0) is 20.8. The van der Waals surface area contributed by atoms with Crippen molar-refractivity contribution in [1.29, 1.82) is 0 Å². The van der Waals surface area contributed by atoms with Crippen LogP contribution in [0.1, 0.15) is 36.2 Å². The summed E-state index contributed by atoms with van der Waals surface area (Å²) in [6, 6.07) is 1.14. The zero-order valence-electron chi connectivity index (χ0n) is 16.6. The molecule has 0 radical (unpaired) electrons. The second kappa shape index (κ2) is 7.12. The summed E-state index contributed by atoms with van der Waals surface area (Å²) in [5.74, 6) is 0.731. The first-order valence-electron chi connectivity index (χ1n) is 9.89. The summed E-state index contributed by atoms with van der Waals surface area (Å²) in [6.07, 6.45) is 5.00. The van der Waals surface area contributed by atoms with Crippen LogP contribution in [0, 0.1) is 5.82 Å². The van der Waals surface area contributed by atoms with E-state index in [1.807, 2.05) is 18.7 Å². The summed E-state index contributed by atoms with van der Waals surface area (Å²) < 4.78 is 27.3. The molecule has 10 heteroatoms. The minimum Gasteiger partial charge on any atom is -0.486 e. The molecule has 0 spiro atoms. The van der Waals surface area contributed by atoms with Gasteiger partial charge in [-0.15, -0.1) is 0 Å². The first kappa shape index (κ1) is 18.6. The second-order valence-corrected chi connectivity index (χ2v) is 7.55. The lowest BCUT2D eigenvalue weighted by Gasteiger charge is -2.35. The average molecular weight is 412 g/mol. The van der Waals surface area contributed by atoms with Crippen LogP contribution in [-0.2, 0) is 6.54 Å². The van der Waals surface area contributed by atoms with E-state index in [2.05, 4.69) is 15.4 Å². The summed E-state index contributed by atoms with van der Waals surface area (Å²) in [6.45, 7) is 4.94. The van der Waals surface area contributed by atoms with Gasteiger partial charge in [-0.1, -0.05) is 6.92 Å². The molecular formula is C20H21FN6O3. The van der Waals surface area contributed by atoms with Crippen LogP contribution >= 0.6 is 0 Å². The number of fused-ring (bicyclic) bond motifs is 1. The van der Waals surface area contributed by atoms with E-state index in [4.69, 9.17) is 14.5 Å². The van der Waals surface area contributed by atoms with Crippen LogP contribution in [0.2, 0.25) is 0 Å². The smallest absolute Gasteiger partial charge is 0.257 e. The average Bonchev–Trinajstić information content (AvgIpc) is 3.15. The van der Waals surface area contributed by atoms with Crippen LogP contribution in [0.5, 0.6) is 11.6 Å². The zero-order valence-corrected chi connectivity index (χ0v) is 16.6. The molecule has 5 rings (SSSR count). The maximum absolute atomic E-state index is 14.0. The van der Waals surface area contributed by atoms with Gasteiger partial charge in [-0.25, -0.2) is 18.9 Å². The number of hydrogen-bond acceptors (Lipinski definition) is 7. The Morgan fingerprint density at radius 1 is 1.30 bits per heavy atom. The van der Waals surface area contributed by atoms with Crippen molar-refractivity contribution in [2.75, 3.05) is 18.1 Å². The minimum absolute atomic E-state index is 0.0303. The van der Waals surface area contributed by atoms with E-state index in [9.17, 15) is 9.18 Å². The van der Waals surface area contributed by atoms with E-state index < -0.39 is 5.82 Å². The summed E-state index contributed by atoms with van der Waals surface area (Å²) in [4.78, 5) is 23.8. The highest BCUT2D eigenvalue weighted by atomic mass is 19.1. The third-order valence-electron chi connectivity index (χ3n) is 5.45. The summed E-state index contributed by atoms with van der Waals surface area (Å²) in [7, 11) is 0. The van der Waals surface area contributed by atoms with Gasteiger partial charge in [0.25, 0.3) is 5.91 Å². The molecule has 0 saturated heterocycles. The number of anilines is 1. The lowest BCUT2D eigenvalue weighted by molar-refractivity contribution is 0.0920. The van der Waals surface area contributed by atoms with E-state index in [1.54, 1.807) is 6.20 Å². The van der Waals surface area contributed by atoms with Crippen molar-refractivity contribution in [3.05, 3.63) is 41.6 Å². The molecule has 2 bridgehead atoms. The number of nitrogens with zero attached hydrogens (tertiary/aromatic N) is 5. The van der Waals surface area contributed by atoms with Crippen molar-refractivity contribution in [2.45, 2.75) is 38.9 Å². The number of hydrogen-bond donors (Lipinski definition) is 1. The fraction of sp³-hybridized carbons (Fsp3) is 0.400. The molecule has 3 aromatic rings. The van der Waals surface area contributed by atoms with Gasteiger partial charge in [0.2, 0.25) is 5.88 Å². The Balaban J connectivity index is 1.69. The third-order valence-corrected chi connectivity index (χ3v) is 5.45. The number of amides is 1. The molecule has 3 aromatic heterocycles. The predicted molar refractivity (Wildman–Crippen MR) is 105 cm³/mol. The fourth-order valence-electron chi connectivity index (χ4n) is 3.69. The van der Waals surface area contributed by atoms with Crippen LogP contribution in [0.15, 0.2) is 24.7 Å². The fourth-order valence-corrected chi connectivity index (χ4v) is 3.69. The first-order chi connectivity index (χ1) is 14.5.